The van der Waals surface area contributed by atoms with Crippen molar-refractivity contribution in [1.82, 2.24) is 9.88 Å². The highest BCUT2D eigenvalue weighted by Gasteiger charge is 2.47. The van der Waals surface area contributed by atoms with Crippen molar-refractivity contribution >= 4 is 48.6 Å². The van der Waals surface area contributed by atoms with E-state index in [0.29, 0.717) is 29.5 Å². The Labute approximate surface area is 320 Å². The topological polar surface area (TPSA) is 128 Å². The lowest BCUT2D eigenvalue weighted by Crippen LogP contribution is -2.55. The van der Waals surface area contributed by atoms with Crippen molar-refractivity contribution < 1.29 is 33.0 Å². The van der Waals surface area contributed by atoms with E-state index in [9.17, 15) is 14.4 Å². The monoisotopic (exact) mass is 766 g/mol. The fourth-order valence-corrected chi connectivity index (χ4v) is 7.78. The summed E-state index contributed by atoms with van der Waals surface area (Å²) in [6.45, 7) is 22.4. The minimum atomic E-state index is -2.26. The largest absolute Gasteiger partial charge is 0.491 e. The van der Waals surface area contributed by atoms with E-state index >= 15 is 0 Å². The predicted molar refractivity (Wildman–Crippen MR) is 213 cm³/mol. The zero-order valence-electron chi connectivity index (χ0n) is 33.2. The highest BCUT2D eigenvalue weighted by Crippen LogP contribution is 2.40. The summed E-state index contributed by atoms with van der Waals surface area (Å²) in [7, 11) is -2.26. The summed E-state index contributed by atoms with van der Waals surface area (Å²) in [6, 6.07) is 17.0. The van der Waals surface area contributed by atoms with Crippen molar-refractivity contribution in [3.05, 3.63) is 71.2 Å². The summed E-state index contributed by atoms with van der Waals surface area (Å²) in [4.78, 5) is 45.2. The summed E-state index contributed by atoms with van der Waals surface area (Å²) in [5.41, 5.74) is 0.923. The van der Waals surface area contributed by atoms with Gasteiger partial charge in [-0.2, -0.15) is 0 Å². The number of rotatable bonds is 12. The number of benzene rings is 2. The third-order valence-corrected chi connectivity index (χ3v) is 14.5. The molecule has 53 heavy (non-hydrogen) atoms. The van der Waals surface area contributed by atoms with Crippen LogP contribution in [0.25, 0.3) is 0 Å². The first-order valence-corrected chi connectivity index (χ1v) is 22.1. The van der Waals surface area contributed by atoms with Gasteiger partial charge in [0.15, 0.2) is 13.4 Å². The van der Waals surface area contributed by atoms with Gasteiger partial charge in [-0.05, 0) is 109 Å². The maximum Gasteiger partial charge on any atom is 0.413 e. The van der Waals surface area contributed by atoms with Crippen LogP contribution in [0.15, 0.2) is 60.0 Å². The van der Waals surface area contributed by atoms with Gasteiger partial charge in [-0.3, -0.25) is 15.0 Å². The van der Waals surface area contributed by atoms with Gasteiger partial charge in [0.25, 0.3) is 0 Å². The SMILES string of the molecule is CC(C)(C)OC(=O)Nc1nc(CC(=O)Nc2ccc(C[C@H]3CC[C@H]([C@@H](COc4ccccc4)O[Si](C)(C)C(C)(C)C)N3C(=O)OC(C)(C)C)cc2)cs1. The lowest BCUT2D eigenvalue weighted by molar-refractivity contribution is -0.115. The van der Waals surface area contributed by atoms with Crippen LogP contribution in [0.3, 0.4) is 0 Å². The molecular weight excluding hydrogens is 709 g/mol. The molecule has 0 radical (unpaired) electrons. The number of thiazole rings is 1. The van der Waals surface area contributed by atoms with Crippen molar-refractivity contribution in [3.63, 3.8) is 0 Å². The molecule has 0 saturated carbocycles. The number of ether oxygens (including phenoxy) is 3. The molecule has 1 aliphatic rings. The van der Waals surface area contributed by atoms with Crippen molar-refractivity contribution in [1.29, 1.82) is 0 Å². The number of para-hydroxylation sites is 1. The van der Waals surface area contributed by atoms with Gasteiger partial charge in [-0.15, -0.1) is 11.3 Å². The Hall–Kier alpha value is -3.94. The molecule has 2 aromatic carbocycles. The number of nitrogens with zero attached hydrogens (tertiary/aromatic N) is 2. The minimum absolute atomic E-state index is 0.0357. The van der Waals surface area contributed by atoms with Crippen molar-refractivity contribution in [3.8, 4) is 5.75 Å². The lowest BCUT2D eigenvalue weighted by Gasteiger charge is -2.43. The van der Waals surface area contributed by atoms with Gasteiger partial charge in [0.1, 0.15) is 23.6 Å². The van der Waals surface area contributed by atoms with Crippen molar-refractivity contribution in [2.75, 3.05) is 17.2 Å². The van der Waals surface area contributed by atoms with Crippen LogP contribution in [0, 0.1) is 0 Å². The quantitative estimate of drug-likeness (QED) is 0.175. The van der Waals surface area contributed by atoms with Gasteiger partial charge >= 0.3 is 12.2 Å². The Morgan fingerprint density at radius 2 is 1.53 bits per heavy atom. The van der Waals surface area contributed by atoms with Gasteiger partial charge < -0.3 is 24.0 Å². The molecule has 13 heteroatoms. The number of aromatic nitrogens is 1. The Kier molecular flexibility index (Phi) is 13.4. The molecule has 4 rings (SSSR count). The van der Waals surface area contributed by atoms with Crippen molar-refractivity contribution in [2.45, 2.75) is 136 Å². The number of carbonyl (C=O) groups is 3. The number of anilines is 2. The van der Waals surface area contributed by atoms with Gasteiger partial charge in [0.2, 0.25) is 5.91 Å². The number of likely N-dealkylation sites (tertiary alicyclic amines) is 1. The van der Waals surface area contributed by atoms with Crippen LogP contribution in [-0.4, -0.2) is 72.3 Å². The molecule has 0 spiro atoms. The molecule has 0 aliphatic carbocycles. The van der Waals surface area contributed by atoms with Gasteiger partial charge in [-0.25, -0.2) is 14.6 Å². The maximum absolute atomic E-state index is 14.0. The van der Waals surface area contributed by atoms with Gasteiger partial charge in [0.05, 0.1) is 24.3 Å². The van der Waals surface area contributed by atoms with Crippen LogP contribution in [0.5, 0.6) is 5.75 Å². The Morgan fingerprint density at radius 3 is 2.13 bits per heavy atom. The van der Waals surface area contributed by atoms with E-state index in [0.717, 1.165) is 24.2 Å². The highest BCUT2D eigenvalue weighted by atomic mass is 32.1. The normalized spacial score (nSPS) is 17.2. The molecule has 0 bridgehead atoms. The third kappa shape index (κ3) is 12.9. The highest BCUT2D eigenvalue weighted by molar-refractivity contribution is 7.13. The second-order valence-corrected chi connectivity index (χ2v) is 22.7. The van der Waals surface area contributed by atoms with Crippen LogP contribution in [0.2, 0.25) is 18.1 Å². The number of nitrogens with one attached hydrogen (secondary N) is 2. The smallest absolute Gasteiger partial charge is 0.413 e. The number of hydrogen-bond acceptors (Lipinski definition) is 9. The Morgan fingerprint density at radius 1 is 0.887 bits per heavy atom. The molecular formula is C40H58N4O7SSi. The first kappa shape index (κ1) is 41.8. The summed E-state index contributed by atoms with van der Waals surface area (Å²) >= 11 is 1.23. The second kappa shape index (κ2) is 17.0. The summed E-state index contributed by atoms with van der Waals surface area (Å²) in [6.07, 6.45) is 0.889. The van der Waals surface area contributed by atoms with E-state index in [1.165, 1.54) is 11.3 Å². The summed E-state index contributed by atoms with van der Waals surface area (Å²) in [5.74, 6) is 0.528. The van der Waals surface area contributed by atoms with E-state index in [2.05, 4.69) is 49.5 Å². The number of carbonyl (C=O) groups excluding carboxylic acids is 3. The molecule has 2 heterocycles. The zero-order valence-corrected chi connectivity index (χ0v) is 35.0. The molecule has 2 N–H and O–H groups in total. The molecule has 3 aromatic rings. The summed E-state index contributed by atoms with van der Waals surface area (Å²) < 4.78 is 24.6. The molecule has 3 amide bonds. The summed E-state index contributed by atoms with van der Waals surface area (Å²) in [5, 5.41) is 7.60. The maximum atomic E-state index is 14.0. The third-order valence-electron chi connectivity index (χ3n) is 9.20. The van der Waals surface area contributed by atoms with E-state index in [1.807, 2.05) is 80.3 Å². The van der Waals surface area contributed by atoms with E-state index in [4.69, 9.17) is 18.6 Å². The fourth-order valence-electron chi connectivity index (χ4n) is 5.75. The first-order valence-electron chi connectivity index (χ1n) is 18.3. The molecule has 1 aromatic heterocycles. The molecule has 1 saturated heterocycles. The Balaban J connectivity index is 1.46. The van der Waals surface area contributed by atoms with E-state index in [1.54, 1.807) is 26.2 Å². The van der Waals surface area contributed by atoms with Crippen LogP contribution in [0.4, 0.5) is 20.4 Å². The zero-order chi connectivity index (χ0) is 39.2. The van der Waals surface area contributed by atoms with Crippen LogP contribution >= 0.6 is 11.3 Å². The van der Waals surface area contributed by atoms with Crippen LogP contribution < -0.4 is 15.4 Å². The van der Waals surface area contributed by atoms with Crippen molar-refractivity contribution in [2.24, 2.45) is 0 Å². The molecule has 1 fully saturated rings. The first-order chi connectivity index (χ1) is 24.6. The van der Waals surface area contributed by atoms with Gasteiger partial charge in [0, 0.05) is 17.1 Å². The van der Waals surface area contributed by atoms with E-state index < -0.39 is 25.6 Å². The minimum Gasteiger partial charge on any atom is -0.491 e. The number of hydrogen-bond donors (Lipinski definition) is 2. The molecule has 1 aliphatic heterocycles. The molecule has 11 nitrogen and oxygen atoms in total. The lowest BCUT2D eigenvalue weighted by atomic mass is 10.0. The fraction of sp³-hybridized carbons (Fsp3) is 0.550. The van der Waals surface area contributed by atoms with E-state index in [-0.39, 0.29) is 41.6 Å². The standard InChI is InChI=1S/C40H58N4O7SSi/c1-38(2,3)49-36(46)43-35-42-29(26-52-35)24-34(45)41-28-19-17-27(18-20-28)23-30-21-22-32(44(30)37(47)50-39(4,5)6)33(51-53(10,11)40(7,8)9)25-48-31-15-13-12-14-16-31/h12-20,26,30,32-33H,21-25H2,1-11H3,(H,41,45)(H,42,43,46)/t30-,32-,33-/m1/s1. The van der Waals surface area contributed by atoms with Gasteiger partial charge in [-0.1, -0.05) is 51.1 Å². The predicted octanol–water partition coefficient (Wildman–Crippen LogP) is 9.45. The average Bonchev–Trinajstić information content (AvgIpc) is 3.64. The second-order valence-electron chi connectivity index (χ2n) is 17.1. The molecule has 3 atom stereocenters. The van der Waals surface area contributed by atoms with Crippen LogP contribution in [0.1, 0.15) is 86.4 Å². The number of amides is 3. The molecule has 290 valence electrons. The Bertz CT molecular complexity index is 1680. The average molecular weight is 767 g/mol. The van der Waals surface area contributed by atoms with Crippen LogP contribution in [-0.2, 0) is 31.5 Å². The molecule has 0 unspecified atom stereocenters.